The van der Waals surface area contributed by atoms with Crippen molar-refractivity contribution < 1.29 is 28.8 Å². The molecule has 210 valence electrons. The molecular formula is C26H38N4O6S2. The summed E-state index contributed by atoms with van der Waals surface area (Å²) in [4.78, 5) is 72.1. The van der Waals surface area contributed by atoms with Gasteiger partial charge in [-0.25, -0.2) is 0 Å². The maximum absolute atomic E-state index is 11.9. The molecule has 6 amide bonds. The van der Waals surface area contributed by atoms with E-state index in [0.29, 0.717) is 39.0 Å². The average molecular weight is 567 g/mol. The lowest BCUT2D eigenvalue weighted by atomic mass is 10.1. The van der Waals surface area contributed by atoms with Crippen molar-refractivity contribution in [3.05, 3.63) is 24.3 Å². The summed E-state index contributed by atoms with van der Waals surface area (Å²) in [5.74, 6) is 0.659. The largest absolute Gasteiger partial charge is 0.355 e. The first-order chi connectivity index (χ1) is 18.4. The molecule has 2 N–H and O–H groups in total. The van der Waals surface area contributed by atoms with Gasteiger partial charge < -0.3 is 10.6 Å². The number of nitrogens with one attached hydrogen (secondary N) is 2. The van der Waals surface area contributed by atoms with Crippen molar-refractivity contribution in [3.8, 4) is 0 Å². The van der Waals surface area contributed by atoms with Crippen molar-refractivity contribution in [2.24, 2.45) is 0 Å². The molecular weight excluding hydrogens is 528 g/mol. The Hall–Kier alpha value is -2.60. The highest BCUT2D eigenvalue weighted by Crippen LogP contribution is 2.19. The number of nitrogens with zero attached hydrogens (tertiary/aromatic N) is 2. The van der Waals surface area contributed by atoms with E-state index in [9.17, 15) is 28.8 Å². The van der Waals surface area contributed by atoms with Crippen LogP contribution in [-0.4, -0.2) is 82.9 Å². The molecule has 0 aromatic rings. The molecule has 0 unspecified atom stereocenters. The third kappa shape index (κ3) is 12.8. The molecule has 2 aliphatic heterocycles. The number of hydrogen-bond donors (Lipinski definition) is 2. The zero-order chi connectivity index (χ0) is 27.6. The van der Waals surface area contributed by atoms with Gasteiger partial charge in [0.05, 0.1) is 0 Å². The smallest absolute Gasteiger partial charge is 0.253 e. The summed E-state index contributed by atoms with van der Waals surface area (Å²) in [7, 11) is 3.32. The van der Waals surface area contributed by atoms with Gasteiger partial charge in [0.15, 0.2) is 0 Å². The number of amides is 6. The van der Waals surface area contributed by atoms with Crippen molar-refractivity contribution in [2.45, 2.75) is 64.2 Å². The van der Waals surface area contributed by atoms with Crippen LogP contribution in [0, 0.1) is 0 Å². The molecule has 0 saturated carbocycles. The molecule has 0 aliphatic carbocycles. The molecule has 2 aliphatic rings. The molecule has 10 nitrogen and oxygen atoms in total. The topological polar surface area (TPSA) is 133 Å². The zero-order valence-corrected chi connectivity index (χ0v) is 23.4. The third-order valence-corrected chi connectivity index (χ3v) is 8.38. The quantitative estimate of drug-likeness (QED) is 0.123. The van der Waals surface area contributed by atoms with Gasteiger partial charge in [-0.2, -0.15) is 0 Å². The summed E-state index contributed by atoms with van der Waals surface area (Å²) >= 11 is 0. The first-order valence-electron chi connectivity index (χ1n) is 13.2. The molecule has 0 radical (unpaired) electrons. The van der Waals surface area contributed by atoms with Crippen LogP contribution in [0.15, 0.2) is 24.3 Å². The second kappa shape index (κ2) is 18.6. The predicted octanol–water partition coefficient (Wildman–Crippen LogP) is 2.35. The van der Waals surface area contributed by atoms with E-state index < -0.39 is 0 Å². The van der Waals surface area contributed by atoms with Gasteiger partial charge in [0.25, 0.3) is 23.6 Å². The van der Waals surface area contributed by atoms with Crippen molar-refractivity contribution in [1.82, 2.24) is 20.4 Å². The lowest BCUT2D eigenvalue weighted by Crippen LogP contribution is -2.30. The molecule has 0 aromatic carbocycles. The van der Waals surface area contributed by atoms with Crippen LogP contribution < -0.4 is 10.6 Å². The van der Waals surface area contributed by atoms with Crippen LogP contribution in [0.2, 0.25) is 0 Å². The lowest BCUT2D eigenvalue weighted by Gasteiger charge is -2.13. The number of imide groups is 2. The van der Waals surface area contributed by atoms with Gasteiger partial charge in [-0.05, 0) is 25.7 Å². The summed E-state index contributed by atoms with van der Waals surface area (Å²) in [6.45, 7) is 2.07. The second-order valence-corrected chi connectivity index (χ2v) is 11.7. The molecule has 0 atom stereocenters. The van der Waals surface area contributed by atoms with Crippen LogP contribution in [0.3, 0.4) is 0 Å². The van der Waals surface area contributed by atoms with Crippen molar-refractivity contribution in [1.29, 1.82) is 0 Å². The maximum atomic E-state index is 11.9. The van der Waals surface area contributed by atoms with Crippen LogP contribution >= 0.6 is 21.6 Å². The minimum absolute atomic E-state index is 0.0343. The van der Waals surface area contributed by atoms with E-state index in [1.165, 1.54) is 34.1 Å². The van der Waals surface area contributed by atoms with Crippen LogP contribution in [0.1, 0.15) is 64.2 Å². The average Bonchev–Trinajstić information content (AvgIpc) is 3.39. The second-order valence-electron chi connectivity index (χ2n) is 9.00. The van der Waals surface area contributed by atoms with E-state index >= 15 is 0 Å². The summed E-state index contributed by atoms with van der Waals surface area (Å²) in [6, 6.07) is 0. The molecule has 38 heavy (non-hydrogen) atoms. The molecule has 2 rings (SSSR count). The van der Waals surface area contributed by atoms with Crippen molar-refractivity contribution in [2.75, 3.05) is 37.7 Å². The summed E-state index contributed by atoms with van der Waals surface area (Å²) in [6.07, 6.45) is 12.7. The SMILES string of the molecule is O=C(CCCCCCN1C(=O)C=CC1=O)NCCSSCCNC(=O)CCCCCCN1C(=O)C=CC1=O. The van der Waals surface area contributed by atoms with Crippen LogP contribution in [0.25, 0.3) is 0 Å². The Bertz CT molecular complexity index is 800. The normalized spacial score (nSPS) is 14.7. The fraction of sp³-hybridized carbons (Fsp3) is 0.615. The summed E-state index contributed by atoms with van der Waals surface area (Å²) in [5, 5.41) is 5.82. The van der Waals surface area contributed by atoms with Gasteiger partial charge in [-0.15, -0.1) is 0 Å². The molecule has 0 aromatic heterocycles. The molecule has 0 spiro atoms. The highest BCUT2D eigenvalue weighted by molar-refractivity contribution is 8.76. The Morgan fingerprint density at radius 2 is 0.895 bits per heavy atom. The minimum Gasteiger partial charge on any atom is -0.355 e. The van der Waals surface area contributed by atoms with Gasteiger partial charge >= 0.3 is 0 Å². The highest BCUT2D eigenvalue weighted by Gasteiger charge is 2.23. The van der Waals surface area contributed by atoms with Gasteiger partial charge in [0.2, 0.25) is 11.8 Å². The van der Waals surface area contributed by atoms with Crippen LogP contribution in [0.4, 0.5) is 0 Å². The fourth-order valence-corrected chi connectivity index (χ4v) is 5.69. The van der Waals surface area contributed by atoms with Crippen LogP contribution in [-0.2, 0) is 28.8 Å². The van der Waals surface area contributed by atoms with Gasteiger partial charge in [-0.3, -0.25) is 38.6 Å². The Kier molecular flexibility index (Phi) is 15.5. The molecule has 0 saturated heterocycles. The monoisotopic (exact) mass is 566 g/mol. The molecule has 12 heteroatoms. The number of carbonyl (C=O) groups excluding carboxylic acids is 6. The minimum atomic E-state index is -0.249. The number of hydrogen-bond acceptors (Lipinski definition) is 8. The zero-order valence-electron chi connectivity index (χ0n) is 21.8. The summed E-state index contributed by atoms with van der Waals surface area (Å²) in [5.41, 5.74) is 0. The van der Waals surface area contributed by atoms with Crippen molar-refractivity contribution in [3.63, 3.8) is 0 Å². The standard InChI is InChI=1S/C26H38N4O6S2/c31-21(9-5-1-3-7-17-29-23(33)11-12-24(29)34)27-15-19-37-38-20-16-28-22(32)10-6-2-4-8-18-30-25(35)13-14-26(30)36/h11-14H,1-10,15-20H2,(H,27,31)(H,28,32). The van der Waals surface area contributed by atoms with E-state index in [1.54, 1.807) is 21.6 Å². The van der Waals surface area contributed by atoms with E-state index in [2.05, 4.69) is 10.6 Å². The number of unbranched alkanes of at least 4 members (excludes halogenated alkanes) is 6. The third-order valence-electron chi connectivity index (χ3n) is 5.97. The molecule has 0 bridgehead atoms. The number of carbonyl (C=O) groups is 6. The highest BCUT2D eigenvalue weighted by atomic mass is 33.1. The Morgan fingerprint density at radius 3 is 1.26 bits per heavy atom. The predicted molar refractivity (Wildman–Crippen MR) is 149 cm³/mol. The fourth-order valence-electron chi connectivity index (χ4n) is 3.88. The molecule has 2 heterocycles. The lowest BCUT2D eigenvalue weighted by molar-refractivity contribution is -0.138. The first-order valence-corrected chi connectivity index (χ1v) is 15.7. The summed E-state index contributed by atoms with van der Waals surface area (Å²) < 4.78 is 0. The Morgan fingerprint density at radius 1 is 0.553 bits per heavy atom. The van der Waals surface area contributed by atoms with Gasteiger partial charge in [0.1, 0.15) is 0 Å². The first kappa shape index (κ1) is 31.6. The van der Waals surface area contributed by atoms with Crippen LogP contribution in [0.5, 0.6) is 0 Å². The maximum Gasteiger partial charge on any atom is 0.253 e. The van der Waals surface area contributed by atoms with E-state index in [0.717, 1.165) is 62.9 Å². The van der Waals surface area contributed by atoms with E-state index in [4.69, 9.17) is 0 Å². The van der Waals surface area contributed by atoms with Gasteiger partial charge in [-0.1, -0.05) is 47.3 Å². The molecule has 0 fully saturated rings. The van der Waals surface area contributed by atoms with E-state index in [1.807, 2.05) is 0 Å². The number of rotatable bonds is 21. The van der Waals surface area contributed by atoms with E-state index in [-0.39, 0.29) is 35.4 Å². The van der Waals surface area contributed by atoms with Crippen molar-refractivity contribution >= 4 is 57.0 Å². The Balaban J connectivity index is 1.29. The van der Waals surface area contributed by atoms with Gasteiger partial charge in [0, 0.05) is 74.8 Å². The Labute approximate surface area is 232 Å².